The molecule has 19 heavy (non-hydrogen) atoms. The quantitative estimate of drug-likeness (QED) is 0.580. The maximum atomic E-state index is 11.2. The van der Waals surface area contributed by atoms with Gasteiger partial charge in [-0.2, -0.15) is 0 Å². The van der Waals surface area contributed by atoms with Gasteiger partial charge in [0.25, 0.3) is 0 Å². The average molecular weight is 271 g/mol. The summed E-state index contributed by atoms with van der Waals surface area (Å²) in [6.07, 6.45) is 4.72. The number of aromatic amines is 1. The molecule has 1 N–H and O–H groups in total. The molecule has 0 aliphatic rings. The highest BCUT2D eigenvalue weighted by atomic mass is 32.2. The Labute approximate surface area is 112 Å². The molecule has 94 valence electrons. The molecular formula is C12H9N5OS. The number of rotatable bonds is 3. The minimum absolute atomic E-state index is 0.0467. The van der Waals surface area contributed by atoms with Gasteiger partial charge in [-0.25, -0.2) is 15.0 Å². The van der Waals surface area contributed by atoms with E-state index in [4.69, 9.17) is 0 Å². The fraction of sp³-hybridized carbons (Fsp3) is 0.0833. The molecule has 3 aromatic heterocycles. The van der Waals surface area contributed by atoms with E-state index in [1.807, 2.05) is 6.07 Å². The molecule has 0 bridgehead atoms. The summed E-state index contributed by atoms with van der Waals surface area (Å²) in [4.78, 5) is 31.5. The molecule has 3 aromatic rings. The maximum Gasteiger partial charge on any atom is 0.181 e. The second-order valence-corrected chi connectivity index (χ2v) is 4.88. The van der Waals surface area contributed by atoms with Crippen LogP contribution in [0.25, 0.3) is 11.2 Å². The highest BCUT2D eigenvalue weighted by Gasteiger charge is 2.08. The normalized spacial score (nSPS) is 10.8. The highest BCUT2D eigenvalue weighted by Crippen LogP contribution is 2.28. The van der Waals surface area contributed by atoms with Gasteiger partial charge in [0.2, 0.25) is 0 Å². The Morgan fingerprint density at radius 3 is 2.84 bits per heavy atom. The van der Waals surface area contributed by atoms with Crippen molar-refractivity contribution in [2.75, 3.05) is 0 Å². The standard InChI is InChI=1S/C12H9N5OS/c1-7(18)9-3-2-8(4-13-9)19-12-10-11(15-5-14-10)16-6-17-12/h2-6H,1H3,(H,14,15,16,17). The van der Waals surface area contributed by atoms with Crippen molar-refractivity contribution in [1.82, 2.24) is 24.9 Å². The summed E-state index contributed by atoms with van der Waals surface area (Å²) in [5, 5.41) is 0.778. The number of ketones is 1. The number of pyridine rings is 1. The third kappa shape index (κ3) is 2.32. The number of Topliss-reactive ketones (excluding diaryl/α,β-unsaturated/α-hetero) is 1. The van der Waals surface area contributed by atoms with Gasteiger partial charge in [0.1, 0.15) is 22.6 Å². The number of hydrogen-bond donors (Lipinski definition) is 1. The van der Waals surface area contributed by atoms with Gasteiger partial charge in [0, 0.05) is 18.0 Å². The number of imidazole rings is 1. The molecule has 0 atom stereocenters. The molecule has 0 amide bonds. The Hall–Kier alpha value is -2.28. The molecule has 3 heterocycles. The van der Waals surface area contributed by atoms with Crippen LogP contribution in [0.4, 0.5) is 0 Å². The first-order chi connectivity index (χ1) is 9.24. The average Bonchev–Trinajstić information content (AvgIpc) is 2.89. The lowest BCUT2D eigenvalue weighted by atomic mass is 10.3. The molecule has 0 radical (unpaired) electrons. The van der Waals surface area contributed by atoms with E-state index in [0.29, 0.717) is 11.3 Å². The van der Waals surface area contributed by atoms with E-state index in [-0.39, 0.29) is 5.78 Å². The van der Waals surface area contributed by atoms with E-state index in [2.05, 4.69) is 24.9 Å². The first-order valence-corrected chi connectivity index (χ1v) is 6.34. The molecule has 6 nitrogen and oxygen atoms in total. The molecule has 0 aliphatic carbocycles. The van der Waals surface area contributed by atoms with Crippen molar-refractivity contribution < 1.29 is 4.79 Å². The first-order valence-electron chi connectivity index (χ1n) is 5.53. The number of hydrogen-bond acceptors (Lipinski definition) is 6. The van der Waals surface area contributed by atoms with Crippen LogP contribution in [0.3, 0.4) is 0 Å². The van der Waals surface area contributed by atoms with E-state index in [0.717, 1.165) is 15.4 Å². The third-order valence-corrected chi connectivity index (χ3v) is 3.48. The zero-order valence-electron chi connectivity index (χ0n) is 9.99. The van der Waals surface area contributed by atoms with Crippen molar-refractivity contribution >= 4 is 28.7 Å². The van der Waals surface area contributed by atoms with Crippen LogP contribution < -0.4 is 0 Å². The first kappa shape index (κ1) is 11.8. The predicted molar refractivity (Wildman–Crippen MR) is 70.0 cm³/mol. The van der Waals surface area contributed by atoms with Crippen molar-refractivity contribution in [3.63, 3.8) is 0 Å². The molecule has 0 saturated heterocycles. The monoisotopic (exact) mass is 271 g/mol. The third-order valence-electron chi connectivity index (χ3n) is 2.50. The van der Waals surface area contributed by atoms with E-state index >= 15 is 0 Å². The predicted octanol–water partition coefficient (Wildman–Crippen LogP) is 2.10. The van der Waals surface area contributed by atoms with Gasteiger partial charge in [-0.05, 0) is 12.1 Å². The molecule has 0 spiro atoms. The number of H-pyrrole nitrogens is 1. The molecule has 0 aromatic carbocycles. The van der Waals surface area contributed by atoms with Crippen LogP contribution in [0.15, 0.2) is 40.9 Å². The fourth-order valence-electron chi connectivity index (χ4n) is 1.58. The lowest BCUT2D eigenvalue weighted by molar-refractivity contribution is 0.101. The van der Waals surface area contributed by atoms with Gasteiger partial charge < -0.3 is 4.98 Å². The second-order valence-electron chi connectivity index (χ2n) is 3.82. The second kappa shape index (κ2) is 4.77. The van der Waals surface area contributed by atoms with Crippen LogP contribution in [-0.2, 0) is 0 Å². The lowest BCUT2D eigenvalue weighted by Crippen LogP contribution is -1.95. The molecule has 0 aliphatic heterocycles. The summed E-state index contributed by atoms with van der Waals surface area (Å²) in [6.45, 7) is 1.49. The van der Waals surface area contributed by atoms with Gasteiger partial charge in [-0.3, -0.25) is 9.78 Å². The number of nitrogens with one attached hydrogen (secondary N) is 1. The highest BCUT2D eigenvalue weighted by molar-refractivity contribution is 7.99. The van der Waals surface area contributed by atoms with Crippen LogP contribution in [0.2, 0.25) is 0 Å². The zero-order valence-corrected chi connectivity index (χ0v) is 10.8. The van der Waals surface area contributed by atoms with Crippen LogP contribution in [0, 0.1) is 0 Å². The number of nitrogens with zero attached hydrogens (tertiary/aromatic N) is 4. The fourth-order valence-corrected chi connectivity index (χ4v) is 2.40. The summed E-state index contributed by atoms with van der Waals surface area (Å²) in [5.41, 5.74) is 1.88. The van der Waals surface area contributed by atoms with Crippen molar-refractivity contribution in [2.24, 2.45) is 0 Å². The van der Waals surface area contributed by atoms with E-state index < -0.39 is 0 Å². The number of carbonyl (C=O) groups is 1. The summed E-state index contributed by atoms with van der Waals surface area (Å²) in [5.74, 6) is -0.0467. The Morgan fingerprint density at radius 2 is 2.11 bits per heavy atom. The van der Waals surface area contributed by atoms with Crippen LogP contribution >= 0.6 is 11.8 Å². The topological polar surface area (TPSA) is 84.4 Å². The lowest BCUT2D eigenvalue weighted by Gasteiger charge is -2.01. The molecule has 3 rings (SSSR count). The Morgan fingerprint density at radius 1 is 1.21 bits per heavy atom. The van der Waals surface area contributed by atoms with Gasteiger partial charge >= 0.3 is 0 Å². The van der Waals surface area contributed by atoms with Gasteiger partial charge in [-0.1, -0.05) is 11.8 Å². The van der Waals surface area contributed by atoms with Crippen LogP contribution in [0.1, 0.15) is 17.4 Å². The van der Waals surface area contributed by atoms with Gasteiger partial charge in [0.05, 0.1) is 6.33 Å². The Kier molecular flexibility index (Phi) is 2.96. The molecule has 0 saturated carbocycles. The van der Waals surface area contributed by atoms with Crippen LogP contribution in [-0.4, -0.2) is 30.7 Å². The van der Waals surface area contributed by atoms with Crippen molar-refractivity contribution in [3.05, 3.63) is 36.7 Å². The van der Waals surface area contributed by atoms with Gasteiger partial charge in [0.15, 0.2) is 11.4 Å². The van der Waals surface area contributed by atoms with Crippen molar-refractivity contribution in [3.8, 4) is 0 Å². The number of aromatic nitrogens is 5. The minimum atomic E-state index is -0.0467. The number of fused-ring (bicyclic) bond motifs is 1. The minimum Gasteiger partial charge on any atom is -0.341 e. The molecule has 0 fully saturated rings. The Balaban J connectivity index is 1.92. The SMILES string of the molecule is CC(=O)c1ccc(Sc2ncnc3nc[nH]c23)cn1. The van der Waals surface area contributed by atoms with Gasteiger partial charge in [-0.15, -0.1) is 0 Å². The zero-order chi connectivity index (χ0) is 13.2. The molecular weight excluding hydrogens is 262 g/mol. The van der Waals surface area contributed by atoms with E-state index in [9.17, 15) is 4.79 Å². The number of carbonyl (C=O) groups excluding carboxylic acids is 1. The smallest absolute Gasteiger partial charge is 0.181 e. The Bertz CT molecular complexity index is 737. The van der Waals surface area contributed by atoms with E-state index in [1.165, 1.54) is 25.0 Å². The van der Waals surface area contributed by atoms with E-state index in [1.54, 1.807) is 18.6 Å². The van der Waals surface area contributed by atoms with Crippen LogP contribution in [0.5, 0.6) is 0 Å². The summed E-state index contributed by atoms with van der Waals surface area (Å²) in [7, 11) is 0. The van der Waals surface area contributed by atoms with Crippen molar-refractivity contribution in [1.29, 1.82) is 0 Å². The summed E-state index contributed by atoms with van der Waals surface area (Å²) < 4.78 is 0. The molecule has 7 heteroatoms. The molecule has 0 unspecified atom stereocenters. The van der Waals surface area contributed by atoms with Crippen molar-refractivity contribution in [2.45, 2.75) is 16.8 Å². The largest absolute Gasteiger partial charge is 0.341 e. The summed E-state index contributed by atoms with van der Waals surface area (Å²) in [6, 6.07) is 3.55. The maximum absolute atomic E-state index is 11.2. The summed E-state index contributed by atoms with van der Waals surface area (Å²) >= 11 is 1.45.